The third-order valence-corrected chi connectivity index (χ3v) is 2.35. The van der Waals surface area contributed by atoms with E-state index in [1.807, 2.05) is 0 Å². The van der Waals surface area contributed by atoms with Crippen LogP contribution in [-0.2, 0) is 23.8 Å². The molecule has 0 rings (SSSR count). The van der Waals surface area contributed by atoms with Crippen molar-refractivity contribution < 1.29 is 34.0 Å². The largest absolute Gasteiger partial charge is 0.481 e. The molecule has 0 aromatic carbocycles. The van der Waals surface area contributed by atoms with Crippen LogP contribution in [0, 0.1) is 5.92 Å². The van der Waals surface area contributed by atoms with E-state index in [0.717, 1.165) is 0 Å². The van der Waals surface area contributed by atoms with Crippen LogP contribution in [0.25, 0.3) is 0 Å². The van der Waals surface area contributed by atoms with Gasteiger partial charge in [-0.15, -0.1) is 0 Å². The molecule has 3 atom stereocenters. The number of esters is 1. The number of hydrogen-bond donors (Lipinski definition) is 2. The summed E-state index contributed by atoms with van der Waals surface area (Å²) in [5.74, 6) is -3.54. The monoisotopic (exact) mass is 278 g/mol. The quantitative estimate of drug-likeness (QED) is 0.430. The first kappa shape index (κ1) is 17.8. The third kappa shape index (κ3) is 7.76. The molecule has 0 aliphatic heterocycles. The van der Waals surface area contributed by atoms with E-state index in [-0.39, 0.29) is 25.7 Å². The Morgan fingerprint density at radius 2 is 1.89 bits per heavy atom. The number of carbonyl (C=O) groups excluding carboxylic acids is 1. The van der Waals surface area contributed by atoms with Gasteiger partial charge in [-0.1, -0.05) is 0 Å². The maximum Gasteiger partial charge on any atom is 0.320 e. The molecular formula is C12H22O7. The van der Waals surface area contributed by atoms with Crippen molar-refractivity contribution in [3.05, 3.63) is 0 Å². The summed E-state index contributed by atoms with van der Waals surface area (Å²) in [6.07, 6.45) is -1.51. The molecule has 7 heteroatoms. The first-order valence-electron chi connectivity index (χ1n) is 6.10. The van der Waals surface area contributed by atoms with Crippen molar-refractivity contribution in [2.45, 2.75) is 32.5 Å². The predicted octanol–water partition coefficient (Wildman–Crippen LogP) is 0.0528. The van der Waals surface area contributed by atoms with Crippen molar-refractivity contribution in [2.75, 3.05) is 26.9 Å². The molecule has 0 radical (unpaired) electrons. The number of aliphatic hydroxyl groups is 1. The second-order valence-corrected chi connectivity index (χ2v) is 4.13. The highest BCUT2D eigenvalue weighted by Gasteiger charge is 2.30. The highest BCUT2D eigenvalue weighted by atomic mass is 16.5. The van der Waals surface area contributed by atoms with Crippen LogP contribution in [-0.4, -0.2) is 61.3 Å². The Labute approximate surface area is 112 Å². The lowest BCUT2D eigenvalue weighted by Crippen LogP contribution is -2.32. The summed E-state index contributed by atoms with van der Waals surface area (Å²) < 4.78 is 14.7. The first-order valence-corrected chi connectivity index (χ1v) is 6.10. The Balaban J connectivity index is 4.20. The lowest BCUT2D eigenvalue weighted by Gasteiger charge is -2.18. The van der Waals surface area contributed by atoms with Crippen LogP contribution in [0.1, 0.15) is 20.3 Å². The van der Waals surface area contributed by atoms with Crippen LogP contribution < -0.4 is 0 Å². The van der Waals surface area contributed by atoms with Gasteiger partial charge in [0.25, 0.3) is 0 Å². The van der Waals surface area contributed by atoms with E-state index in [1.165, 1.54) is 7.11 Å². The molecule has 0 aromatic heterocycles. The summed E-state index contributed by atoms with van der Waals surface area (Å²) in [5.41, 5.74) is 0. The first-order chi connectivity index (χ1) is 8.92. The van der Waals surface area contributed by atoms with Gasteiger partial charge in [-0.25, -0.2) is 0 Å². The Kier molecular flexibility index (Phi) is 9.11. The van der Waals surface area contributed by atoms with E-state index in [2.05, 4.69) is 4.74 Å². The van der Waals surface area contributed by atoms with Crippen LogP contribution in [0.5, 0.6) is 0 Å². The molecule has 19 heavy (non-hydrogen) atoms. The molecule has 2 N–H and O–H groups in total. The molecule has 0 saturated heterocycles. The smallest absolute Gasteiger partial charge is 0.320 e. The molecule has 3 unspecified atom stereocenters. The van der Waals surface area contributed by atoms with Crippen LogP contribution in [0.15, 0.2) is 0 Å². The van der Waals surface area contributed by atoms with E-state index >= 15 is 0 Å². The zero-order valence-electron chi connectivity index (χ0n) is 11.5. The van der Waals surface area contributed by atoms with Gasteiger partial charge in [-0.3, -0.25) is 9.59 Å². The minimum absolute atomic E-state index is 0.0618. The fourth-order valence-corrected chi connectivity index (χ4v) is 1.44. The number of carboxylic acids is 1. The molecule has 0 amide bonds. The zero-order chi connectivity index (χ0) is 14.8. The normalized spacial score (nSPS) is 15.6. The van der Waals surface area contributed by atoms with Gasteiger partial charge < -0.3 is 24.4 Å². The van der Waals surface area contributed by atoms with E-state index < -0.39 is 24.0 Å². The van der Waals surface area contributed by atoms with Crippen molar-refractivity contribution in [3.63, 3.8) is 0 Å². The van der Waals surface area contributed by atoms with Crippen molar-refractivity contribution in [2.24, 2.45) is 5.92 Å². The number of carboxylic acid groups (broad SMARTS) is 1. The number of hydrogen-bond acceptors (Lipinski definition) is 6. The van der Waals surface area contributed by atoms with E-state index in [0.29, 0.717) is 6.61 Å². The third-order valence-electron chi connectivity index (χ3n) is 2.35. The molecule has 0 heterocycles. The van der Waals surface area contributed by atoms with Gasteiger partial charge in [-0.05, 0) is 20.3 Å². The van der Waals surface area contributed by atoms with E-state index in [4.69, 9.17) is 14.6 Å². The highest BCUT2D eigenvalue weighted by Crippen LogP contribution is 2.11. The fraction of sp³-hybridized carbons (Fsp3) is 0.833. The minimum Gasteiger partial charge on any atom is -0.481 e. The van der Waals surface area contributed by atoms with E-state index in [9.17, 15) is 14.7 Å². The molecule has 0 bridgehead atoms. The molecule has 0 aliphatic carbocycles. The topological polar surface area (TPSA) is 102 Å². The van der Waals surface area contributed by atoms with Gasteiger partial charge >= 0.3 is 11.9 Å². The second-order valence-electron chi connectivity index (χ2n) is 4.13. The molecule has 7 nitrogen and oxygen atoms in total. The maximum absolute atomic E-state index is 11.4. The zero-order valence-corrected chi connectivity index (χ0v) is 11.5. The summed E-state index contributed by atoms with van der Waals surface area (Å²) in [6.45, 7) is 3.75. The van der Waals surface area contributed by atoms with Crippen LogP contribution in [0.4, 0.5) is 0 Å². The van der Waals surface area contributed by atoms with Gasteiger partial charge in [0.1, 0.15) is 0 Å². The van der Waals surface area contributed by atoms with E-state index in [1.54, 1.807) is 13.8 Å². The Hall–Kier alpha value is -1.18. The SMILES string of the molecule is CCOC(=O)C(CC(O)COC(C)COC)C(=O)O. The van der Waals surface area contributed by atoms with Gasteiger partial charge in [-0.2, -0.15) is 0 Å². The highest BCUT2D eigenvalue weighted by molar-refractivity contribution is 5.93. The van der Waals surface area contributed by atoms with Crippen LogP contribution in [0.3, 0.4) is 0 Å². The molecule has 0 spiro atoms. The maximum atomic E-state index is 11.4. The van der Waals surface area contributed by atoms with Crippen molar-refractivity contribution in [1.82, 2.24) is 0 Å². The van der Waals surface area contributed by atoms with Gasteiger partial charge in [0, 0.05) is 7.11 Å². The number of rotatable bonds is 10. The summed E-state index contributed by atoms with van der Waals surface area (Å²) in [7, 11) is 1.53. The molecule has 0 saturated carbocycles. The number of methoxy groups -OCH3 is 1. The summed E-state index contributed by atoms with van der Waals surface area (Å²) >= 11 is 0. The average molecular weight is 278 g/mol. The fourth-order valence-electron chi connectivity index (χ4n) is 1.44. The summed E-state index contributed by atoms with van der Waals surface area (Å²) in [5, 5.41) is 18.6. The van der Waals surface area contributed by atoms with Crippen molar-refractivity contribution in [3.8, 4) is 0 Å². The average Bonchev–Trinajstić information content (AvgIpc) is 2.33. The Morgan fingerprint density at radius 3 is 2.37 bits per heavy atom. The second kappa shape index (κ2) is 9.71. The molecule has 0 fully saturated rings. The number of aliphatic hydroxyl groups excluding tert-OH is 1. The molecule has 112 valence electrons. The van der Waals surface area contributed by atoms with Crippen molar-refractivity contribution in [1.29, 1.82) is 0 Å². The Bertz CT molecular complexity index is 279. The standard InChI is InChI=1S/C12H22O7/c1-4-18-12(16)10(11(14)15)5-9(13)7-19-8(2)6-17-3/h8-10,13H,4-7H2,1-3H3,(H,14,15). The molecule has 0 aliphatic rings. The number of ether oxygens (including phenoxy) is 3. The lowest BCUT2D eigenvalue weighted by atomic mass is 10.0. The van der Waals surface area contributed by atoms with Gasteiger partial charge in [0.2, 0.25) is 0 Å². The lowest BCUT2D eigenvalue weighted by molar-refractivity contribution is -0.160. The minimum atomic E-state index is -1.38. The summed E-state index contributed by atoms with van der Waals surface area (Å²) in [6, 6.07) is 0. The number of carbonyl (C=O) groups is 2. The molecule has 0 aromatic rings. The van der Waals surface area contributed by atoms with Crippen LogP contribution in [0.2, 0.25) is 0 Å². The number of aliphatic carboxylic acids is 1. The van der Waals surface area contributed by atoms with Crippen LogP contribution >= 0.6 is 0 Å². The van der Waals surface area contributed by atoms with Crippen molar-refractivity contribution >= 4 is 11.9 Å². The Morgan fingerprint density at radius 1 is 1.26 bits per heavy atom. The van der Waals surface area contributed by atoms with Gasteiger partial charge in [0.05, 0.1) is 32.0 Å². The summed E-state index contributed by atoms with van der Waals surface area (Å²) in [4.78, 5) is 22.3. The molecular weight excluding hydrogens is 256 g/mol. The van der Waals surface area contributed by atoms with Gasteiger partial charge in [0.15, 0.2) is 5.92 Å². The predicted molar refractivity (Wildman–Crippen MR) is 65.7 cm³/mol.